The van der Waals surface area contributed by atoms with Gasteiger partial charge in [-0.3, -0.25) is 19.2 Å². The van der Waals surface area contributed by atoms with Gasteiger partial charge in [-0.05, 0) is 62.5 Å². The fraction of sp³-hybridized carbons (Fsp3) is 0.611. The van der Waals surface area contributed by atoms with Gasteiger partial charge in [0.15, 0.2) is 0 Å². The van der Waals surface area contributed by atoms with Crippen LogP contribution in [0.3, 0.4) is 0 Å². The molecule has 14 nitrogen and oxygen atoms in total. The minimum Gasteiger partial charge on any atom is -0.417 e. The fourth-order valence-electron chi connectivity index (χ4n) is 6.67. The number of aromatic nitrogens is 1. The summed E-state index contributed by atoms with van der Waals surface area (Å²) in [7, 11) is 1.56. The maximum Gasteiger partial charge on any atom is 0.363 e. The third-order valence-corrected chi connectivity index (χ3v) is 9.76. The van der Waals surface area contributed by atoms with Crippen molar-refractivity contribution in [3.63, 3.8) is 0 Å². The third kappa shape index (κ3) is 9.75. The Labute approximate surface area is 293 Å². The highest BCUT2D eigenvalue weighted by molar-refractivity contribution is 5.98. The summed E-state index contributed by atoms with van der Waals surface area (Å²) in [5, 5.41) is 13.9. The molecular formula is C36H53N6O8+. The summed E-state index contributed by atoms with van der Waals surface area (Å²) in [5.74, 6) is -1.71. The van der Waals surface area contributed by atoms with E-state index in [0.717, 1.165) is 47.9 Å². The van der Waals surface area contributed by atoms with Crippen LogP contribution in [-0.2, 0) is 39.9 Å². The van der Waals surface area contributed by atoms with Crippen molar-refractivity contribution in [1.82, 2.24) is 25.6 Å². The summed E-state index contributed by atoms with van der Waals surface area (Å²) >= 11 is 0. The molecule has 5 atom stereocenters. The molecule has 3 heterocycles. The molecule has 0 bridgehead atoms. The van der Waals surface area contributed by atoms with Crippen LogP contribution in [0.15, 0.2) is 35.6 Å². The first-order valence-electron chi connectivity index (χ1n) is 17.8. The van der Waals surface area contributed by atoms with E-state index in [2.05, 4.69) is 37.4 Å². The first kappa shape index (κ1) is 38.2. The lowest BCUT2D eigenvalue weighted by Crippen LogP contribution is -2.64. The second-order valence-corrected chi connectivity index (χ2v) is 13.0. The van der Waals surface area contributed by atoms with Gasteiger partial charge in [-0.25, -0.2) is 0 Å². The molecule has 0 radical (unpaired) electrons. The first-order chi connectivity index (χ1) is 24.2. The van der Waals surface area contributed by atoms with Gasteiger partial charge in [0.1, 0.15) is 31.3 Å². The monoisotopic (exact) mass is 697 g/mol. The van der Waals surface area contributed by atoms with Crippen molar-refractivity contribution < 1.29 is 38.3 Å². The number of para-hydroxylation sites is 1. The quantitative estimate of drug-likeness (QED) is 0.0606. The van der Waals surface area contributed by atoms with Crippen LogP contribution < -0.4 is 20.8 Å². The lowest BCUT2D eigenvalue weighted by molar-refractivity contribution is -0.757. The largest absolute Gasteiger partial charge is 0.417 e. The second-order valence-electron chi connectivity index (χ2n) is 13.0. The Morgan fingerprint density at radius 3 is 2.52 bits per heavy atom. The molecule has 4 rings (SSSR count). The van der Waals surface area contributed by atoms with Gasteiger partial charge in [-0.1, -0.05) is 68.3 Å². The molecule has 0 spiro atoms. The van der Waals surface area contributed by atoms with Gasteiger partial charge in [0, 0.05) is 29.1 Å². The molecule has 2 fully saturated rings. The van der Waals surface area contributed by atoms with E-state index >= 15 is 0 Å². The number of rotatable bonds is 16. The van der Waals surface area contributed by atoms with E-state index in [9.17, 15) is 19.2 Å². The minimum absolute atomic E-state index is 0.149. The summed E-state index contributed by atoms with van der Waals surface area (Å²) in [5.41, 5.74) is 2.47. The lowest BCUT2D eigenvalue weighted by atomic mass is 9.93. The number of unbranched alkanes of at least 4 members (excludes halogenated alkanes) is 2. The van der Waals surface area contributed by atoms with Gasteiger partial charge in [0.25, 0.3) is 0 Å². The van der Waals surface area contributed by atoms with Crippen molar-refractivity contribution >= 4 is 47.0 Å². The van der Waals surface area contributed by atoms with Gasteiger partial charge < -0.3 is 30.5 Å². The van der Waals surface area contributed by atoms with Crippen LogP contribution in [0.2, 0.25) is 0 Å². The standard InChI is InChI=1S/C36H52N6O8/c1-6-24(3)32-36(46)41-20-14-13-19-31(41)35(45)37-28(17-10-8-9-15-26(7-2)40-49-23-50-48-5)33(43)38-29(34(44)39-32)21-25-22-42(47-4)30-18-12-11-16-27(25)30/h11-12,16,18,22,24,28-29,31-32H,5-10,13-15,17,19-21,23H2,1-4H3,(H2-,37,38,39,43,44,45)/p+1/b40-26+/t24?,28-,29-,31+,32-/m0/s1. The first-order valence-corrected chi connectivity index (χ1v) is 17.8. The number of benzene rings is 1. The molecule has 2 saturated heterocycles. The van der Waals surface area contributed by atoms with E-state index in [1.54, 1.807) is 22.9 Å². The number of nitrogens with one attached hydrogen (secondary N) is 3. The third-order valence-electron chi connectivity index (χ3n) is 9.76. The zero-order valence-corrected chi connectivity index (χ0v) is 29.8. The van der Waals surface area contributed by atoms with Gasteiger partial charge in [0.05, 0.1) is 11.2 Å². The van der Waals surface area contributed by atoms with Gasteiger partial charge in [-0.15, -0.1) is 0 Å². The fourth-order valence-corrected chi connectivity index (χ4v) is 6.67. The highest BCUT2D eigenvalue weighted by Gasteiger charge is 2.41. The van der Waals surface area contributed by atoms with E-state index in [4.69, 9.17) is 9.68 Å². The number of amides is 4. The van der Waals surface area contributed by atoms with Crippen LogP contribution in [0.5, 0.6) is 0 Å². The Morgan fingerprint density at radius 2 is 1.78 bits per heavy atom. The van der Waals surface area contributed by atoms with E-state index in [0.29, 0.717) is 45.1 Å². The number of nitrogens with zero attached hydrogens (tertiary/aromatic N) is 3. The van der Waals surface area contributed by atoms with Crippen LogP contribution in [0.1, 0.15) is 90.5 Å². The number of oxime groups is 1. The normalized spacial score (nSPS) is 22.7. The van der Waals surface area contributed by atoms with E-state index in [1.807, 2.05) is 45.0 Å². The summed E-state index contributed by atoms with van der Waals surface area (Å²) < 4.78 is 5.87. The highest BCUT2D eigenvalue weighted by Crippen LogP contribution is 2.24. The maximum absolute atomic E-state index is 14.1. The molecule has 0 saturated carbocycles. The Morgan fingerprint density at radius 1 is 1.02 bits per heavy atom. The molecule has 50 heavy (non-hydrogen) atoms. The molecule has 274 valence electrons. The van der Waals surface area contributed by atoms with Crippen LogP contribution in [0.4, 0.5) is 0 Å². The predicted molar refractivity (Wildman–Crippen MR) is 188 cm³/mol. The molecule has 3 N–H and O–H groups in total. The van der Waals surface area contributed by atoms with Crippen molar-refractivity contribution in [3.8, 4) is 0 Å². The molecule has 2 aliphatic rings. The Kier molecular flexibility index (Phi) is 14.5. The second kappa shape index (κ2) is 19.0. The number of carbonyl (C=O) groups is 4. The number of carbonyl (C=O) groups excluding carboxylic acids is 5. The van der Waals surface area contributed by atoms with Crippen LogP contribution >= 0.6 is 0 Å². The summed E-state index contributed by atoms with van der Waals surface area (Å²) in [6.45, 7) is 9.21. The number of hydrogen-bond acceptors (Lipinski definition) is 8. The van der Waals surface area contributed by atoms with E-state index in [1.165, 1.54) is 0 Å². The van der Waals surface area contributed by atoms with Crippen molar-refractivity contribution in [2.24, 2.45) is 11.1 Å². The minimum atomic E-state index is -1.02. The maximum atomic E-state index is 14.1. The molecule has 4 amide bonds. The summed E-state index contributed by atoms with van der Waals surface area (Å²) in [4.78, 5) is 73.0. The van der Waals surface area contributed by atoms with E-state index < -0.39 is 36.0 Å². The van der Waals surface area contributed by atoms with Gasteiger partial charge in [-0.2, -0.15) is 4.73 Å². The lowest BCUT2D eigenvalue weighted by Gasteiger charge is -2.39. The molecule has 1 aromatic heterocycles. The SMILES string of the molecule is C=[O+]OCO/N=C(\CC)CCCCC[C@@H]1NC(=O)[C@H]2CCCCN2C(=O)[C@H](C(C)CC)NC(=O)[C@H](Cc2cn(OC)c3ccccc23)NC1=O. The van der Waals surface area contributed by atoms with Crippen LogP contribution in [-0.4, -0.2) is 90.4 Å². The van der Waals surface area contributed by atoms with Crippen molar-refractivity contribution in [2.45, 2.75) is 116 Å². The highest BCUT2D eigenvalue weighted by atomic mass is 17.2. The smallest absolute Gasteiger partial charge is 0.363 e. The molecular weight excluding hydrogens is 644 g/mol. The Hall–Kier alpha value is -4.62. The van der Waals surface area contributed by atoms with Crippen molar-refractivity contribution in [3.05, 3.63) is 36.0 Å². The molecule has 2 aliphatic heterocycles. The van der Waals surface area contributed by atoms with E-state index in [-0.39, 0.29) is 30.9 Å². The number of piperidine rings is 1. The number of hydrogen-bond donors (Lipinski definition) is 3. The molecule has 14 heteroatoms. The molecule has 0 aliphatic carbocycles. The Balaban J connectivity index is 1.58. The van der Waals surface area contributed by atoms with Gasteiger partial charge >= 0.3 is 13.6 Å². The van der Waals surface area contributed by atoms with Crippen molar-refractivity contribution in [1.29, 1.82) is 0 Å². The molecule has 1 aromatic carbocycles. The number of fused-ring (bicyclic) bond motifs is 2. The molecule has 2 aromatic rings. The average molecular weight is 698 g/mol. The Bertz CT molecular complexity index is 1510. The average Bonchev–Trinajstić information content (AvgIpc) is 3.49. The molecule has 1 unspecified atom stereocenters. The summed E-state index contributed by atoms with van der Waals surface area (Å²) in [6, 6.07) is 4.17. The van der Waals surface area contributed by atoms with Gasteiger partial charge in [0.2, 0.25) is 23.6 Å². The zero-order chi connectivity index (χ0) is 36.0. The van der Waals surface area contributed by atoms with Crippen LogP contribution in [0.25, 0.3) is 10.9 Å². The topological polar surface area (TPSA) is 164 Å². The van der Waals surface area contributed by atoms with Crippen molar-refractivity contribution in [2.75, 3.05) is 20.4 Å². The van der Waals surface area contributed by atoms with Crippen LogP contribution in [0, 0.1) is 5.92 Å². The summed E-state index contributed by atoms with van der Waals surface area (Å²) in [6.07, 6.45) is 8.58. The predicted octanol–water partition coefficient (Wildman–Crippen LogP) is 3.12. The zero-order valence-electron chi connectivity index (χ0n) is 29.8.